The highest BCUT2D eigenvalue weighted by molar-refractivity contribution is 5.99. The number of aromatic nitrogens is 7. The summed E-state index contributed by atoms with van der Waals surface area (Å²) >= 11 is 0. The van der Waals surface area contributed by atoms with E-state index in [-0.39, 0.29) is 0 Å². The minimum Gasteiger partial charge on any atom is -0.354 e. The number of hydrogen-bond donors (Lipinski definition) is 2. The van der Waals surface area contributed by atoms with Crippen molar-refractivity contribution in [3.8, 4) is 44.9 Å². The zero-order valence-electron chi connectivity index (χ0n) is 27.2. The zero-order valence-corrected chi connectivity index (χ0v) is 27.2. The van der Waals surface area contributed by atoms with Crippen LogP contribution in [-0.2, 0) is 0 Å². The van der Waals surface area contributed by atoms with E-state index >= 15 is 0 Å². The molecule has 248 valence electrons. The quantitative estimate of drug-likeness (QED) is 0.136. The molecule has 0 aliphatic carbocycles. The van der Waals surface area contributed by atoms with Crippen LogP contribution in [0.2, 0.25) is 0 Å². The molecule has 11 heteroatoms. The fourth-order valence-electron chi connectivity index (χ4n) is 6.66. The molecule has 0 fully saturated rings. The lowest BCUT2D eigenvalue weighted by molar-refractivity contribution is -0.387. The molecule has 0 atom stereocenters. The van der Waals surface area contributed by atoms with Gasteiger partial charge in [-0.2, -0.15) is 4.39 Å². The lowest BCUT2D eigenvalue weighted by atomic mass is 10.0. The summed E-state index contributed by atoms with van der Waals surface area (Å²) in [5, 5.41) is 11.9. The van der Waals surface area contributed by atoms with Gasteiger partial charge in [0, 0.05) is 52.4 Å². The summed E-state index contributed by atoms with van der Waals surface area (Å²) in [4.78, 5) is 42.7. The molecule has 1 aromatic carbocycles. The van der Waals surface area contributed by atoms with Crippen molar-refractivity contribution in [1.82, 2.24) is 34.9 Å². The van der Waals surface area contributed by atoms with Gasteiger partial charge in [-0.25, -0.2) is 9.97 Å². The van der Waals surface area contributed by atoms with Crippen LogP contribution >= 0.6 is 0 Å². The first-order chi connectivity index (χ1) is 25.5. The normalized spacial score (nSPS) is 11.9. The first-order valence-electron chi connectivity index (χ1n) is 16.4. The van der Waals surface area contributed by atoms with Crippen LogP contribution in [0.3, 0.4) is 0 Å². The number of rotatable bonds is 5. The minimum absolute atomic E-state index is 0.413. The molecule has 8 heterocycles. The number of nitro benzene ring substituents is 1. The van der Waals surface area contributed by atoms with Crippen molar-refractivity contribution in [3.05, 3.63) is 154 Å². The van der Waals surface area contributed by atoms with Crippen molar-refractivity contribution >= 4 is 52.1 Å². The fraction of sp³-hybridized carbons (Fsp3) is 0. The molecule has 2 N–H and O–H groups in total. The van der Waals surface area contributed by atoms with E-state index in [1.54, 1.807) is 18.6 Å². The summed E-state index contributed by atoms with van der Waals surface area (Å²) in [5.41, 5.74) is 10.1. The second kappa shape index (κ2) is 12.5. The van der Waals surface area contributed by atoms with Gasteiger partial charge in [-0.05, 0) is 96.6 Å². The molecule has 7 aromatic rings. The summed E-state index contributed by atoms with van der Waals surface area (Å²) in [6, 6.07) is 28.8. The van der Waals surface area contributed by atoms with Crippen LogP contribution in [0.5, 0.6) is 0 Å². The van der Waals surface area contributed by atoms with Gasteiger partial charge >= 0.3 is 5.69 Å². The van der Waals surface area contributed by atoms with Gasteiger partial charge in [0.2, 0.25) is 5.82 Å². The molecule has 9 rings (SSSR count). The summed E-state index contributed by atoms with van der Waals surface area (Å²) in [7, 11) is 0. The highest BCUT2D eigenvalue weighted by atomic mass is 19.1. The Balaban J connectivity index is 1.48. The van der Waals surface area contributed by atoms with Gasteiger partial charge in [0.15, 0.2) is 0 Å². The number of nitrogens with one attached hydrogen (secondary N) is 2. The second-order valence-corrected chi connectivity index (χ2v) is 12.1. The van der Waals surface area contributed by atoms with Crippen LogP contribution in [-0.4, -0.2) is 39.8 Å². The summed E-state index contributed by atoms with van der Waals surface area (Å²) in [6.45, 7) is 0. The smallest absolute Gasteiger partial charge is 0.305 e. The van der Waals surface area contributed by atoms with Gasteiger partial charge < -0.3 is 9.97 Å². The van der Waals surface area contributed by atoms with Crippen molar-refractivity contribution in [2.24, 2.45) is 0 Å². The summed E-state index contributed by atoms with van der Waals surface area (Å²) < 4.78 is 14.7. The van der Waals surface area contributed by atoms with E-state index in [1.165, 1.54) is 12.1 Å². The maximum Gasteiger partial charge on any atom is 0.305 e. The molecule has 0 radical (unpaired) electrons. The number of pyridine rings is 3. The lowest BCUT2D eigenvalue weighted by Gasteiger charge is -2.06. The SMILES string of the molecule is O=[N+]([O-])c1cc(-c2c3nc(c(-c4ccccn4)c4ccc([nH]4)c(-c4ccccn4)c4nc(c(-c5ccccn5)c5ccc2[nH]5)C=C4)C=C3)ccc1F. The van der Waals surface area contributed by atoms with Gasteiger partial charge in [-0.3, -0.25) is 25.1 Å². The first-order valence-corrected chi connectivity index (χ1v) is 16.4. The topological polar surface area (TPSA) is 139 Å². The summed E-state index contributed by atoms with van der Waals surface area (Å²) in [5.74, 6) is -0.926. The van der Waals surface area contributed by atoms with Gasteiger partial charge in [0.25, 0.3) is 0 Å². The number of hydrogen-bond acceptors (Lipinski definition) is 7. The fourth-order valence-corrected chi connectivity index (χ4v) is 6.66. The van der Waals surface area contributed by atoms with Gasteiger partial charge in [0.1, 0.15) is 0 Å². The maximum atomic E-state index is 14.7. The Morgan fingerprint density at radius 2 is 0.923 bits per heavy atom. The first kappa shape index (κ1) is 30.6. The van der Waals surface area contributed by atoms with Crippen LogP contribution in [0.15, 0.2) is 116 Å². The van der Waals surface area contributed by atoms with Crippen LogP contribution in [0, 0.1) is 15.9 Å². The van der Waals surface area contributed by atoms with E-state index in [0.29, 0.717) is 56.3 Å². The third-order valence-corrected chi connectivity index (χ3v) is 8.95. The van der Waals surface area contributed by atoms with E-state index < -0.39 is 16.4 Å². The number of nitro groups is 1. The van der Waals surface area contributed by atoms with Crippen LogP contribution in [0.4, 0.5) is 10.1 Å². The third kappa shape index (κ3) is 5.33. The lowest BCUT2D eigenvalue weighted by Crippen LogP contribution is -1.94. The van der Waals surface area contributed by atoms with Crippen LogP contribution in [0.1, 0.15) is 22.8 Å². The number of halogens is 1. The summed E-state index contributed by atoms with van der Waals surface area (Å²) in [6.07, 6.45) is 12.9. The van der Waals surface area contributed by atoms with Gasteiger partial charge in [-0.15, -0.1) is 0 Å². The molecule has 0 amide bonds. The van der Waals surface area contributed by atoms with E-state index in [0.717, 1.165) is 39.5 Å². The molecule has 8 bridgehead atoms. The van der Waals surface area contributed by atoms with Crippen molar-refractivity contribution < 1.29 is 9.31 Å². The van der Waals surface area contributed by atoms with Gasteiger partial charge in [-0.1, -0.05) is 24.3 Å². The highest BCUT2D eigenvalue weighted by Crippen LogP contribution is 2.38. The molecule has 0 spiro atoms. The van der Waals surface area contributed by atoms with E-state index in [1.807, 2.05) is 103 Å². The molecule has 2 aliphatic heterocycles. The van der Waals surface area contributed by atoms with Crippen LogP contribution < -0.4 is 0 Å². The number of benzene rings is 1. The van der Waals surface area contributed by atoms with E-state index in [2.05, 4.69) is 19.9 Å². The molecular formula is C41H25FN8O2. The van der Waals surface area contributed by atoms with E-state index in [4.69, 9.17) is 15.0 Å². The molecule has 0 saturated carbocycles. The average molecular weight is 681 g/mol. The number of fused-ring (bicyclic) bond motifs is 8. The molecular weight excluding hydrogens is 656 g/mol. The minimum atomic E-state index is -0.926. The number of aromatic amines is 2. The van der Waals surface area contributed by atoms with Crippen LogP contribution in [0.25, 0.3) is 91.3 Å². The highest BCUT2D eigenvalue weighted by Gasteiger charge is 2.21. The molecule has 0 saturated heterocycles. The van der Waals surface area contributed by atoms with Crippen molar-refractivity contribution in [3.63, 3.8) is 0 Å². The standard InChI is InChI=1S/C41H25FN8O2/c42-25-11-10-24(23-37(25)50(51)52)38-29-12-14-31(46-29)39(26-7-1-4-20-43-26)33-16-18-35(48-33)41(28-9-3-6-22-45-28)36-19-17-34(49-36)40(27-8-2-5-21-44-27)32-15-13-30(38)47-32/h1-23,46,49H. The van der Waals surface area contributed by atoms with Crippen molar-refractivity contribution in [1.29, 1.82) is 0 Å². The third-order valence-electron chi connectivity index (χ3n) is 8.95. The van der Waals surface area contributed by atoms with Gasteiger partial charge in [0.05, 0.1) is 61.3 Å². The molecule has 2 aliphatic rings. The van der Waals surface area contributed by atoms with Crippen molar-refractivity contribution in [2.75, 3.05) is 0 Å². The number of H-pyrrole nitrogens is 2. The Morgan fingerprint density at radius 3 is 1.31 bits per heavy atom. The predicted molar refractivity (Wildman–Crippen MR) is 201 cm³/mol. The Bertz CT molecular complexity index is 2740. The Kier molecular flexibility index (Phi) is 7.36. The van der Waals surface area contributed by atoms with E-state index in [9.17, 15) is 14.5 Å². The largest absolute Gasteiger partial charge is 0.354 e. The monoisotopic (exact) mass is 680 g/mol. The Hall–Kier alpha value is -7.40. The molecule has 6 aromatic heterocycles. The Labute approximate surface area is 295 Å². The predicted octanol–water partition coefficient (Wildman–Crippen LogP) is 9.56. The Morgan fingerprint density at radius 1 is 0.519 bits per heavy atom. The number of nitrogens with zero attached hydrogens (tertiary/aromatic N) is 6. The zero-order chi connectivity index (χ0) is 35.2. The average Bonchev–Trinajstić information content (AvgIpc) is 4.01. The second-order valence-electron chi connectivity index (χ2n) is 12.1. The molecule has 0 unspecified atom stereocenters. The molecule has 10 nitrogen and oxygen atoms in total. The maximum absolute atomic E-state index is 14.7. The van der Waals surface area contributed by atoms with Crippen molar-refractivity contribution in [2.45, 2.75) is 0 Å². The molecule has 52 heavy (non-hydrogen) atoms.